The third-order valence-electron chi connectivity index (χ3n) is 3.34. The van der Waals surface area contributed by atoms with E-state index >= 15 is 0 Å². The molecule has 4 heteroatoms. The lowest BCUT2D eigenvalue weighted by molar-refractivity contribution is -0.0350. The SMILES string of the molecule is CCCCOCCN1CCO[C@@H](CNCC(C)C)C1. The van der Waals surface area contributed by atoms with Crippen LogP contribution in [0.15, 0.2) is 0 Å². The summed E-state index contributed by atoms with van der Waals surface area (Å²) in [6, 6.07) is 0. The standard InChI is InChI=1S/C15H32N2O2/c1-4-5-8-18-9-6-17-7-10-19-15(13-17)12-16-11-14(2)3/h14-16H,4-13H2,1-3H3/t15-/m0/s1. The molecular weight excluding hydrogens is 240 g/mol. The van der Waals surface area contributed by atoms with E-state index in [-0.39, 0.29) is 0 Å². The molecule has 0 bridgehead atoms. The molecule has 0 amide bonds. The Balaban J connectivity index is 2.05. The van der Waals surface area contributed by atoms with E-state index in [0.29, 0.717) is 12.0 Å². The maximum atomic E-state index is 5.79. The second-order valence-electron chi connectivity index (χ2n) is 5.81. The number of hydrogen-bond acceptors (Lipinski definition) is 4. The van der Waals surface area contributed by atoms with Crippen molar-refractivity contribution >= 4 is 0 Å². The molecule has 1 saturated heterocycles. The summed E-state index contributed by atoms with van der Waals surface area (Å²) in [5, 5.41) is 3.48. The van der Waals surface area contributed by atoms with Gasteiger partial charge in [-0.25, -0.2) is 0 Å². The predicted molar refractivity (Wildman–Crippen MR) is 79.6 cm³/mol. The Morgan fingerprint density at radius 2 is 2.21 bits per heavy atom. The van der Waals surface area contributed by atoms with Gasteiger partial charge in [0.1, 0.15) is 0 Å². The highest BCUT2D eigenvalue weighted by molar-refractivity contribution is 4.73. The van der Waals surface area contributed by atoms with E-state index in [4.69, 9.17) is 9.47 Å². The van der Waals surface area contributed by atoms with Crippen molar-refractivity contribution in [3.05, 3.63) is 0 Å². The molecule has 0 aromatic heterocycles. The van der Waals surface area contributed by atoms with Crippen molar-refractivity contribution in [3.8, 4) is 0 Å². The molecule has 19 heavy (non-hydrogen) atoms. The van der Waals surface area contributed by atoms with Crippen LogP contribution in [0, 0.1) is 5.92 Å². The molecule has 4 nitrogen and oxygen atoms in total. The van der Waals surface area contributed by atoms with Gasteiger partial charge in [-0.2, -0.15) is 0 Å². The van der Waals surface area contributed by atoms with Crippen LogP contribution in [0.5, 0.6) is 0 Å². The number of nitrogens with one attached hydrogen (secondary N) is 1. The topological polar surface area (TPSA) is 33.7 Å². The van der Waals surface area contributed by atoms with Gasteiger partial charge in [0.05, 0.1) is 19.3 Å². The Hall–Kier alpha value is -0.160. The molecule has 0 aromatic rings. The summed E-state index contributed by atoms with van der Waals surface area (Å²) in [7, 11) is 0. The van der Waals surface area contributed by atoms with Gasteiger partial charge in [0, 0.05) is 32.8 Å². The lowest BCUT2D eigenvalue weighted by atomic mass is 10.2. The van der Waals surface area contributed by atoms with Crippen LogP contribution >= 0.6 is 0 Å². The van der Waals surface area contributed by atoms with Gasteiger partial charge in [-0.05, 0) is 18.9 Å². The van der Waals surface area contributed by atoms with Gasteiger partial charge in [-0.3, -0.25) is 4.90 Å². The first kappa shape index (κ1) is 16.9. The van der Waals surface area contributed by atoms with E-state index < -0.39 is 0 Å². The normalized spacial score (nSPS) is 21.2. The van der Waals surface area contributed by atoms with Crippen molar-refractivity contribution in [1.29, 1.82) is 0 Å². The average molecular weight is 272 g/mol. The fraction of sp³-hybridized carbons (Fsp3) is 1.00. The third kappa shape index (κ3) is 8.58. The molecule has 114 valence electrons. The van der Waals surface area contributed by atoms with Gasteiger partial charge in [0.2, 0.25) is 0 Å². The van der Waals surface area contributed by atoms with Gasteiger partial charge >= 0.3 is 0 Å². The molecule has 0 aliphatic carbocycles. The predicted octanol–water partition coefficient (Wildman–Crippen LogP) is 1.75. The summed E-state index contributed by atoms with van der Waals surface area (Å²) in [6.45, 7) is 14.4. The second kappa shape index (κ2) is 10.6. The van der Waals surface area contributed by atoms with E-state index in [1.807, 2.05) is 0 Å². The van der Waals surface area contributed by atoms with E-state index in [1.54, 1.807) is 0 Å². The molecule has 0 aromatic carbocycles. The van der Waals surface area contributed by atoms with Crippen molar-refractivity contribution < 1.29 is 9.47 Å². The summed E-state index contributed by atoms with van der Waals surface area (Å²) in [5.74, 6) is 0.701. The van der Waals surface area contributed by atoms with Crippen LogP contribution in [0.3, 0.4) is 0 Å². The quantitative estimate of drug-likeness (QED) is 0.614. The van der Waals surface area contributed by atoms with E-state index in [0.717, 1.165) is 52.5 Å². The highest BCUT2D eigenvalue weighted by Gasteiger charge is 2.19. The fourth-order valence-electron chi connectivity index (χ4n) is 2.18. The molecule has 0 radical (unpaired) electrons. The van der Waals surface area contributed by atoms with Crippen LogP contribution in [-0.4, -0.2) is 63.5 Å². The van der Waals surface area contributed by atoms with Crippen LogP contribution in [0.4, 0.5) is 0 Å². The van der Waals surface area contributed by atoms with E-state index in [1.165, 1.54) is 12.8 Å². The minimum atomic E-state index is 0.336. The van der Waals surface area contributed by atoms with Crippen LogP contribution in [-0.2, 0) is 9.47 Å². The van der Waals surface area contributed by atoms with E-state index in [9.17, 15) is 0 Å². The molecule has 1 rings (SSSR count). The van der Waals surface area contributed by atoms with Crippen molar-refractivity contribution in [2.24, 2.45) is 5.92 Å². The van der Waals surface area contributed by atoms with Gasteiger partial charge in [0.25, 0.3) is 0 Å². The average Bonchev–Trinajstić information content (AvgIpc) is 2.39. The first-order valence-corrected chi connectivity index (χ1v) is 7.84. The fourth-order valence-corrected chi connectivity index (χ4v) is 2.18. The number of rotatable bonds is 10. The van der Waals surface area contributed by atoms with Crippen molar-refractivity contribution in [2.45, 2.75) is 39.7 Å². The minimum Gasteiger partial charge on any atom is -0.380 e. The molecule has 1 aliphatic heterocycles. The highest BCUT2D eigenvalue weighted by Crippen LogP contribution is 2.04. The maximum absolute atomic E-state index is 5.79. The molecule has 0 saturated carbocycles. The molecule has 1 atom stereocenters. The highest BCUT2D eigenvalue weighted by atomic mass is 16.5. The maximum Gasteiger partial charge on any atom is 0.0826 e. The summed E-state index contributed by atoms with van der Waals surface area (Å²) in [4.78, 5) is 2.46. The van der Waals surface area contributed by atoms with Gasteiger partial charge < -0.3 is 14.8 Å². The molecule has 0 spiro atoms. The molecular formula is C15H32N2O2. The smallest absolute Gasteiger partial charge is 0.0826 e. The van der Waals surface area contributed by atoms with Crippen LogP contribution in [0.25, 0.3) is 0 Å². The number of morpholine rings is 1. The summed E-state index contributed by atoms with van der Waals surface area (Å²) in [6.07, 6.45) is 2.72. The van der Waals surface area contributed by atoms with E-state index in [2.05, 4.69) is 31.0 Å². The van der Waals surface area contributed by atoms with Crippen LogP contribution < -0.4 is 5.32 Å². The summed E-state index contributed by atoms with van der Waals surface area (Å²) < 4.78 is 11.4. The number of nitrogens with zero attached hydrogens (tertiary/aromatic N) is 1. The minimum absolute atomic E-state index is 0.336. The summed E-state index contributed by atoms with van der Waals surface area (Å²) in [5.41, 5.74) is 0. The zero-order valence-corrected chi connectivity index (χ0v) is 13.0. The Morgan fingerprint density at radius 3 is 2.95 bits per heavy atom. The Bertz CT molecular complexity index is 212. The third-order valence-corrected chi connectivity index (χ3v) is 3.34. The lowest BCUT2D eigenvalue weighted by Crippen LogP contribution is -2.47. The van der Waals surface area contributed by atoms with Gasteiger partial charge in [-0.15, -0.1) is 0 Å². The molecule has 1 aliphatic rings. The number of unbranched alkanes of at least 4 members (excludes halogenated alkanes) is 1. The Kier molecular flexibility index (Phi) is 9.43. The second-order valence-corrected chi connectivity index (χ2v) is 5.81. The monoisotopic (exact) mass is 272 g/mol. The molecule has 0 unspecified atom stereocenters. The van der Waals surface area contributed by atoms with Gasteiger partial charge in [0.15, 0.2) is 0 Å². The van der Waals surface area contributed by atoms with Gasteiger partial charge in [-0.1, -0.05) is 27.2 Å². The van der Waals surface area contributed by atoms with Crippen LogP contribution in [0.1, 0.15) is 33.6 Å². The van der Waals surface area contributed by atoms with Crippen molar-refractivity contribution in [3.63, 3.8) is 0 Å². The molecule has 1 fully saturated rings. The van der Waals surface area contributed by atoms with Crippen molar-refractivity contribution in [2.75, 3.05) is 52.5 Å². The first-order valence-electron chi connectivity index (χ1n) is 7.84. The number of hydrogen-bond donors (Lipinski definition) is 1. The zero-order chi connectivity index (χ0) is 13.9. The largest absolute Gasteiger partial charge is 0.380 e. The first-order chi connectivity index (χ1) is 9.22. The lowest BCUT2D eigenvalue weighted by Gasteiger charge is -2.33. The zero-order valence-electron chi connectivity index (χ0n) is 13.0. The Labute approximate surface area is 118 Å². The molecule has 1 heterocycles. The molecule has 1 N–H and O–H groups in total. The van der Waals surface area contributed by atoms with Crippen LogP contribution in [0.2, 0.25) is 0 Å². The Morgan fingerprint density at radius 1 is 1.37 bits per heavy atom. The number of ether oxygens (including phenoxy) is 2. The summed E-state index contributed by atoms with van der Waals surface area (Å²) >= 11 is 0. The van der Waals surface area contributed by atoms with Crippen molar-refractivity contribution in [1.82, 2.24) is 10.2 Å².